The van der Waals surface area contributed by atoms with Crippen molar-refractivity contribution < 1.29 is 15.0 Å². The summed E-state index contributed by atoms with van der Waals surface area (Å²) in [5.74, 6) is -1.03. The molecule has 1 aromatic heterocycles. The van der Waals surface area contributed by atoms with E-state index in [9.17, 15) is 15.0 Å². The van der Waals surface area contributed by atoms with Gasteiger partial charge in [0.25, 0.3) is 0 Å². The SMILES string of the molecule is Cc1ccc(-c2c(C(=O)O)cc(O)c3ccsc23)cc1. The van der Waals surface area contributed by atoms with Crippen LogP contribution in [-0.4, -0.2) is 16.2 Å². The van der Waals surface area contributed by atoms with Crippen molar-refractivity contribution in [2.24, 2.45) is 0 Å². The lowest BCUT2D eigenvalue weighted by molar-refractivity contribution is 0.0697. The van der Waals surface area contributed by atoms with E-state index in [4.69, 9.17) is 0 Å². The third-order valence-electron chi connectivity index (χ3n) is 3.29. The second kappa shape index (κ2) is 4.65. The van der Waals surface area contributed by atoms with Gasteiger partial charge in [0.15, 0.2) is 0 Å². The molecular weight excluding hydrogens is 272 g/mol. The van der Waals surface area contributed by atoms with Gasteiger partial charge in [-0.05, 0) is 30.0 Å². The smallest absolute Gasteiger partial charge is 0.336 e. The Morgan fingerprint density at radius 1 is 1.15 bits per heavy atom. The summed E-state index contributed by atoms with van der Waals surface area (Å²) >= 11 is 1.44. The highest BCUT2D eigenvalue weighted by atomic mass is 32.1. The molecule has 0 amide bonds. The van der Waals surface area contributed by atoms with E-state index in [2.05, 4.69) is 0 Å². The quantitative estimate of drug-likeness (QED) is 0.738. The molecule has 0 atom stereocenters. The third-order valence-corrected chi connectivity index (χ3v) is 4.22. The minimum Gasteiger partial charge on any atom is -0.507 e. The van der Waals surface area contributed by atoms with E-state index < -0.39 is 5.97 Å². The molecule has 3 nitrogen and oxygen atoms in total. The van der Waals surface area contributed by atoms with Crippen molar-refractivity contribution in [2.75, 3.05) is 0 Å². The topological polar surface area (TPSA) is 57.5 Å². The van der Waals surface area contributed by atoms with E-state index in [0.29, 0.717) is 10.9 Å². The van der Waals surface area contributed by atoms with Gasteiger partial charge in [-0.1, -0.05) is 29.8 Å². The first-order chi connectivity index (χ1) is 9.58. The van der Waals surface area contributed by atoms with Crippen LogP contribution in [0, 0.1) is 6.92 Å². The molecule has 3 rings (SSSR count). The number of fused-ring (bicyclic) bond motifs is 1. The molecule has 0 spiro atoms. The first-order valence-electron chi connectivity index (χ1n) is 6.11. The van der Waals surface area contributed by atoms with Crippen LogP contribution in [0.25, 0.3) is 21.2 Å². The molecule has 0 radical (unpaired) electrons. The first kappa shape index (κ1) is 12.7. The van der Waals surface area contributed by atoms with Gasteiger partial charge >= 0.3 is 5.97 Å². The van der Waals surface area contributed by atoms with Gasteiger partial charge in [0.2, 0.25) is 0 Å². The summed E-state index contributed by atoms with van der Waals surface area (Å²) in [5, 5.41) is 21.9. The molecule has 0 saturated carbocycles. The maximum Gasteiger partial charge on any atom is 0.336 e. The summed E-state index contributed by atoms with van der Waals surface area (Å²) in [6.07, 6.45) is 0. The normalized spacial score (nSPS) is 10.8. The molecule has 0 saturated heterocycles. The fourth-order valence-corrected chi connectivity index (χ4v) is 3.27. The molecule has 0 bridgehead atoms. The molecule has 0 aliphatic carbocycles. The molecule has 100 valence electrons. The lowest BCUT2D eigenvalue weighted by atomic mass is 9.97. The number of phenols is 1. The van der Waals surface area contributed by atoms with Crippen LogP contribution in [0.15, 0.2) is 41.8 Å². The molecule has 4 heteroatoms. The summed E-state index contributed by atoms with van der Waals surface area (Å²) in [6.45, 7) is 1.99. The zero-order valence-electron chi connectivity index (χ0n) is 10.8. The van der Waals surface area contributed by atoms with E-state index in [-0.39, 0.29) is 11.3 Å². The standard InChI is InChI=1S/C16H12O3S/c1-9-2-4-10(5-3-9)14-12(16(18)19)8-13(17)11-6-7-20-15(11)14/h2-8,17H,1H3,(H,18,19). The molecule has 0 aliphatic heterocycles. The Morgan fingerprint density at radius 2 is 1.85 bits per heavy atom. The highest BCUT2D eigenvalue weighted by Gasteiger charge is 2.18. The van der Waals surface area contributed by atoms with Crippen LogP contribution in [0.5, 0.6) is 5.75 Å². The van der Waals surface area contributed by atoms with Crippen molar-refractivity contribution in [1.29, 1.82) is 0 Å². The zero-order chi connectivity index (χ0) is 14.3. The Bertz CT molecular complexity index is 800. The lowest BCUT2D eigenvalue weighted by Crippen LogP contribution is -1.99. The fourth-order valence-electron chi connectivity index (χ4n) is 2.29. The molecule has 0 fully saturated rings. The molecule has 20 heavy (non-hydrogen) atoms. The van der Waals surface area contributed by atoms with E-state index in [1.807, 2.05) is 36.6 Å². The predicted molar refractivity (Wildman–Crippen MR) is 80.6 cm³/mol. The number of aromatic hydroxyl groups is 1. The first-order valence-corrected chi connectivity index (χ1v) is 6.99. The molecule has 1 heterocycles. The summed E-state index contributed by atoms with van der Waals surface area (Å²) in [5.41, 5.74) is 2.76. The van der Waals surface area contributed by atoms with Crippen molar-refractivity contribution in [3.8, 4) is 16.9 Å². The Morgan fingerprint density at radius 3 is 2.50 bits per heavy atom. The number of rotatable bonds is 2. The molecule has 2 aromatic carbocycles. The highest BCUT2D eigenvalue weighted by Crippen LogP contribution is 2.40. The number of aryl methyl sites for hydroxylation is 1. The van der Waals surface area contributed by atoms with Crippen LogP contribution in [-0.2, 0) is 0 Å². The van der Waals surface area contributed by atoms with Gasteiger partial charge < -0.3 is 10.2 Å². The molecule has 3 aromatic rings. The van der Waals surface area contributed by atoms with Crippen LogP contribution < -0.4 is 0 Å². The highest BCUT2D eigenvalue weighted by molar-refractivity contribution is 7.17. The Kier molecular flexibility index (Phi) is 2.95. The Hall–Kier alpha value is -2.33. The summed E-state index contributed by atoms with van der Waals surface area (Å²) in [7, 11) is 0. The van der Waals surface area contributed by atoms with Crippen molar-refractivity contribution in [3.63, 3.8) is 0 Å². The number of phenolic OH excluding ortho intramolecular Hbond substituents is 1. The van der Waals surface area contributed by atoms with Crippen molar-refractivity contribution in [3.05, 3.63) is 52.9 Å². The number of carboxylic acids is 1. The van der Waals surface area contributed by atoms with Crippen LogP contribution >= 0.6 is 11.3 Å². The van der Waals surface area contributed by atoms with E-state index in [1.165, 1.54) is 17.4 Å². The lowest BCUT2D eigenvalue weighted by Gasteiger charge is -2.10. The van der Waals surface area contributed by atoms with Crippen molar-refractivity contribution >= 4 is 27.4 Å². The number of aromatic carboxylic acids is 1. The van der Waals surface area contributed by atoms with E-state index in [1.54, 1.807) is 6.07 Å². The van der Waals surface area contributed by atoms with Crippen LogP contribution in [0.2, 0.25) is 0 Å². The summed E-state index contributed by atoms with van der Waals surface area (Å²) < 4.78 is 0.797. The van der Waals surface area contributed by atoms with Gasteiger partial charge in [-0.25, -0.2) is 4.79 Å². The third kappa shape index (κ3) is 1.94. The molecular formula is C16H12O3S. The predicted octanol–water partition coefficient (Wildman–Crippen LogP) is 4.28. The second-order valence-corrected chi connectivity index (χ2v) is 5.57. The molecule has 0 aliphatic rings. The molecule has 2 N–H and O–H groups in total. The number of carboxylic acid groups (broad SMARTS) is 1. The van der Waals surface area contributed by atoms with Crippen molar-refractivity contribution in [1.82, 2.24) is 0 Å². The fraction of sp³-hybridized carbons (Fsp3) is 0.0625. The monoisotopic (exact) mass is 284 g/mol. The second-order valence-electron chi connectivity index (χ2n) is 4.65. The minimum atomic E-state index is -1.04. The number of benzene rings is 2. The molecule has 0 unspecified atom stereocenters. The Labute approximate surface area is 119 Å². The number of thiophene rings is 1. The average Bonchev–Trinajstić information content (AvgIpc) is 2.89. The van der Waals surface area contributed by atoms with Gasteiger partial charge in [-0.3, -0.25) is 0 Å². The maximum atomic E-state index is 11.5. The summed E-state index contributed by atoms with van der Waals surface area (Å²) in [6, 6.07) is 10.9. The number of hydrogen-bond donors (Lipinski definition) is 2. The van der Waals surface area contributed by atoms with Crippen LogP contribution in [0.4, 0.5) is 0 Å². The largest absolute Gasteiger partial charge is 0.507 e. The van der Waals surface area contributed by atoms with E-state index in [0.717, 1.165) is 15.8 Å². The van der Waals surface area contributed by atoms with E-state index >= 15 is 0 Å². The van der Waals surface area contributed by atoms with Gasteiger partial charge in [0, 0.05) is 15.6 Å². The average molecular weight is 284 g/mol. The van der Waals surface area contributed by atoms with Gasteiger partial charge in [0.05, 0.1) is 5.56 Å². The van der Waals surface area contributed by atoms with Gasteiger partial charge in [-0.15, -0.1) is 11.3 Å². The number of hydrogen-bond acceptors (Lipinski definition) is 3. The maximum absolute atomic E-state index is 11.5. The van der Waals surface area contributed by atoms with Crippen LogP contribution in [0.3, 0.4) is 0 Å². The minimum absolute atomic E-state index is 0.00881. The van der Waals surface area contributed by atoms with Gasteiger partial charge in [-0.2, -0.15) is 0 Å². The van der Waals surface area contributed by atoms with Crippen molar-refractivity contribution in [2.45, 2.75) is 6.92 Å². The van der Waals surface area contributed by atoms with Crippen LogP contribution in [0.1, 0.15) is 15.9 Å². The Balaban J connectivity index is 2.40. The summed E-state index contributed by atoms with van der Waals surface area (Å²) in [4.78, 5) is 11.5. The zero-order valence-corrected chi connectivity index (χ0v) is 11.6. The van der Waals surface area contributed by atoms with Gasteiger partial charge in [0.1, 0.15) is 5.75 Å². The number of carbonyl (C=O) groups is 1.